The average Bonchev–Trinajstić information content (AvgIpc) is 2.69. The zero-order valence-electron chi connectivity index (χ0n) is 10.9. The number of methoxy groups -OCH3 is 1. The third kappa shape index (κ3) is 3.43. The van der Waals surface area contributed by atoms with Gasteiger partial charge in [-0.15, -0.1) is 11.3 Å². The summed E-state index contributed by atoms with van der Waals surface area (Å²) in [7, 11) is 1.31. The van der Waals surface area contributed by atoms with Gasteiger partial charge in [0, 0.05) is 11.4 Å². The molecule has 1 aromatic rings. The lowest BCUT2D eigenvalue weighted by Gasteiger charge is -2.11. The molecule has 0 radical (unpaired) electrons. The van der Waals surface area contributed by atoms with E-state index >= 15 is 0 Å². The average molecular weight is 271 g/mol. The van der Waals surface area contributed by atoms with E-state index < -0.39 is 12.0 Å². The maximum absolute atomic E-state index is 11.5. The van der Waals surface area contributed by atoms with Gasteiger partial charge < -0.3 is 15.4 Å². The number of esters is 1. The molecule has 0 saturated heterocycles. The Labute approximate surface area is 110 Å². The van der Waals surface area contributed by atoms with Crippen molar-refractivity contribution >= 4 is 28.3 Å². The van der Waals surface area contributed by atoms with Crippen molar-refractivity contribution in [1.29, 1.82) is 0 Å². The number of anilines is 1. The summed E-state index contributed by atoms with van der Waals surface area (Å²) in [6, 6.07) is -0.402. The summed E-state index contributed by atoms with van der Waals surface area (Å²) >= 11 is 1.32. The number of nitrogens with zero attached hydrogens (tertiary/aromatic N) is 1. The molecule has 18 heavy (non-hydrogen) atoms. The van der Waals surface area contributed by atoms with Crippen LogP contribution in [-0.4, -0.2) is 36.6 Å². The lowest BCUT2D eigenvalue weighted by Crippen LogP contribution is -2.37. The van der Waals surface area contributed by atoms with Crippen LogP contribution in [0.1, 0.15) is 29.2 Å². The van der Waals surface area contributed by atoms with E-state index in [9.17, 15) is 9.59 Å². The van der Waals surface area contributed by atoms with Crippen molar-refractivity contribution < 1.29 is 14.3 Å². The van der Waals surface area contributed by atoms with Gasteiger partial charge in [0.2, 0.25) is 5.91 Å². The molecule has 7 heteroatoms. The van der Waals surface area contributed by atoms with Gasteiger partial charge in [0.25, 0.3) is 0 Å². The fourth-order valence-electron chi connectivity index (χ4n) is 1.32. The third-order valence-electron chi connectivity index (χ3n) is 2.26. The molecule has 0 aliphatic heterocycles. The van der Waals surface area contributed by atoms with Crippen LogP contribution < -0.4 is 10.6 Å². The number of aromatic nitrogens is 1. The van der Waals surface area contributed by atoms with Crippen LogP contribution in [0.3, 0.4) is 0 Å². The van der Waals surface area contributed by atoms with Crippen molar-refractivity contribution in [3.63, 3.8) is 0 Å². The summed E-state index contributed by atoms with van der Waals surface area (Å²) in [6.45, 7) is 5.95. The molecule has 6 nitrogen and oxygen atoms in total. The van der Waals surface area contributed by atoms with Crippen LogP contribution in [0.25, 0.3) is 0 Å². The van der Waals surface area contributed by atoms with Gasteiger partial charge >= 0.3 is 5.97 Å². The molecule has 0 aliphatic rings. The lowest BCUT2D eigenvalue weighted by molar-refractivity contribution is -0.121. The quantitative estimate of drug-likeness (QED) is 0.786. The zero-order chi connectivity index (χ0) is 13.7. The van der Waals surface area contributed by atoms with E-state index in [0.29, 0.717) is 11.7 Å². The molecular weight excluding hydrogens is 254 g/mol. The number of carbonyl (C=O) groups excluding carboxylic acids is 2. The predicted octanol–water partition coefficient (Wildman–Crippen LogP) is 1.17. The van der Waals surface area contributed by atoms with Gasteiger partial charge in [-0.1, -0.05) is 0 Å². The third-order valence-corrected chi connectivity index (χ3v) is 3.16. The van der Waals surface area contributed by atoms with Crippen molar-refractivity contribution in [1.82, 2.24) is 10.3 Å². The smallest absolute Gasteiger partial charge is 0.357 e. The second-order valence-electron chi connectivity index (χ2n) is 3.68. The monoisotopic (exact) mass is 271 g/mol. The van der Waals surface area contributed by atoms with Gasteiger partial charge in [-0.2, -0.15) is 0 Å². The first-order chi connectivity index (χ1) is 8.49. The van der Waals surface area contributed by atoms with E-state index in [1.54, 1.807) is 13.8 Å². The minimum Gasteiger partial charge on any atom is -0.464 e. The molecule has 1 aromatic heterocycles. The number of likely N-dealkylation sites (N-methyl/N-ethyl adjacent to an activating group) is 1. The number of thiazole rings is 1. The highest BCUT2D eigenvalue weighted by atomic mass is 32.1. The summed E-state index contributed by atoms with van der Waals surface area (Å²) in [6.07, 6.45) is 0. The second-order valence-corrected chi connectivity index (χ2v) is 4.88. The van der Waals surface area contributed by atoms with Crippen molar-refractivity contribution in [2.45, 2.75) is 26.8 Å². The first-order valence-corrected chi connectivity index (χ1v) is 6.41. The van der Waals surface area contributed by atoms with Gasteiger partial charge in [-0.05, 0) is 20.8 Å². The first kappa shape index (κ1) is 14.4. The summed E-state index contributed by atoms with van der Waals surface area (Å²) in [5.74, 6) is -0.576. The van der Waals surface area contributed by atoms with Gasteiger partial charge in [-0.25, -0.2) is 9.78 Å². The summed E-state index contributed by atoms with van der Waals surface area (Å²) < 4.78 is 4.62. The Hall–Kier alpha value is -1.63. The molecule has 0 aromatic carbocycles. The van der Waals surface area contributed by atoms with Crippen molar-refractivity contribution in [2.75, 3.05) is 19.0 Å². The van der Waals surface area contributed by atoms with Gasteiger partial charge in [0.1, 0.15) is 6.04 Å². The fraction of sp³-hybridized carbons (Fsp3) is 0.545. The lowest BCUT2D eigenvalue weighted by atomic mass is 10.3. The molecule has 0 saturated carbocycles. The molecule has 1 unspecified atom stereocenters. The van der Waals surface area contributed by atoms with Crippen LogP contribution in [0.15, 0.2) is 0 Å². The van der Waals surface area contributed by atoms with E-state index in [1.165, 1.54) is 18.4 Å². The van der Waals surface area contributed by atoms with E-state index in [0.717, 1.165) is 4.88 Å². The normalized spacial score (nSPS) is 11.8. The van der Waals surface area contributed by atoms with Crippen LogP contribution in [0.5, 0.6) is 0 Å². The van der Waals surface area contributed by atoms with Crippen LogP contribution in [-0.2, 0) is 9.53 Å². The highest BCUT2D eigenvalue weighted by Gasteiger charge is 2.18. The Morgan fingerprint density at radius 2 is 2.17 bits per heavy atom. The number of ether oxygens (including phenoxy) is 1. The minimum absolute atomic E-state index is 0.107. The van der Waals surface area contributed by atoms with E-state index in [1.807, 2.05) is 6.92 Å². The molecule has 2 N–H and O–H groups in total. The van der Waals surface area contributed by atoms with Crippen LogP contribution in [0, 0.1) is 6.92 Å². The molecule has 0 aliphatic carbocycles. The number of amides is 1. The first-order valence-electron chi connectivity index (χ1n) is 5.59. The molecule has 0 spiro atoms. The van der Waals surface area contributed by atoms with E-state index in [4.69, 9.17) is 0 Å². The topological polar surface area (TPSA) is 80.3 Å². The predicted molar refractivity (Wildman–Crippen MR) is 70.0 cm³/mol. The second kappa shape index (κ2) is 6.34. The SMILES string of the molecule is CCNC(=O)C(C)Nc1nc(C(=O)OC)c(C)s1. The van der Waals surface area contributed by atoms with Crippen molar-refractivity contribution in [2.24, 2.45) is 0 Å². The Kier molecular flexibility index (Phi) is 5.08. The maximum Gasteiger partial charge on any atom is 0.357 e. The molecule has 0 fully saturated rings. The van der Waals surface area contributed by atoms with E-state index in [-0.39, 0.29) is 11.6 Å². The number of carbonyl (C=O) groups is 2. The summed E-state index contributed by atoms with van der Waals surface area (Å²) in [4.78, 5) is 27.8. The van der Waals surface area contributed by atoms with Gasteiger partial charge in [0.15, 0.2) is 10.8 Å². The fourth-order valence-corrected chi connectivity index (χ4v) is 2.21. The van der Waals surface area contributed by atoms with Crippen molar-refractivity contribution in [3.8, 4) is 0 Å². The highest BCUT2D eigenvalue weighted by Crippen LogP contribution is 2.23. The largest absolute Gasteiger partial charge is 0.464 e. The number of hydrogen-bond donors (Lipinski definition) is 2. The molecule has 1 rings (SSSR count). The zero-order valence-corrected chi connectivity index (χ0v) is 11.7. The Bertz CT molecular complexity index is 445. The number of nitrogens with one attached hydrogen (secondary N) is 2. The molecule has 1 amide bonds. The molecular formula is C11H17N3O3S. The van der Waals surface area contributed by atoms with E-state index in [2.05, 4.69) is 20.4 Å². The summed E-state index contributed by atoms with van der Waals surface area (Å²) in [5.41, 5.74) is 0.285. The van der Waals surface area contributed by atoms with Gasteiger partial charge in [-0.3, -0.25) is 4.79 Å². The molecule has 1 atom stereocenters. The molecule has 100 valence electrons. The maximum atomic E-state index is 11.5. The summed E-state index contributed by atoms with van der Waals surface area (Å²) in [5, 5.41) is 6.19. The standard InChI is InChI=1S/C11H17N3O3S/c1-5-12-9(15)6(2)13-11-14-8(7(3)18-11)10(16)17-4/h6H,5H2,1-4H3,(H,12,15)(H,13,14). The van der Waals surface area contributed by atoms with Gasteiger partial charge in [0.05, 0.1) is 7.11 Å². The Morgan fingerprint density at radius 1 is 1.50 bits per heavy atom. The van der Waals surface area contributed by atoms with Crippen LogP contribution >= 0.6 is 11.3 Å². The molecule has 0 bridgehead atoms. The number of rotatable bonds is 5. The minimum atomic E-state index is -0.470. The van der Waals surface area contributed by atoms with Crippen LogP contribution in [0.4, 0.5) is 5.13 Å². The number of hydrogen-bond acceptors (Lipinski definition) is 6. The highest BCUT2D eigenvalue weighted by molar-refractivity contribution is 7.15. The van der Waals surface area contributed by atoms with Crippen molar-refractivity contribution in [3.05, 3.63) is 10.6 Å². The Morgan fingerprint density at radius 3 is 2.72 bits per heavy atom. The number of aryl methyl sites for hydroxylation is 1. The van der Waals surface area contributed by atoms with Crippen LogP contribution in [0.2, 0.25) is 0 Å². The molecule has 1 heterocycles. The Balaban J connectivity index is 2.74.